The Labute approximate surface area is 267 Å². The van der Waals surface area contributed by atoms with Gasteiger partial charge in [-0.15, -0.1) is 0 Å². The average molecular weight is 639 g/mol. The van der Waals surface area contributed by atoms with Gasteiger partial charge in [0.15, 0.2) is 6.29 Å². The van der Waals surface area contributed by atoms with Crippen molar-refractivity contribution in [1.29, 1.82) is 0 Å². The van der Waals surface area contributed by atoms with Gasteiger partial charge < -0.3 is 50.3 Å². The first-order chi connectivity index (χ1) is 21.2. The van der Waals surface area contributed by atoms with Crippen LogP contribution in [0.15, 0.2) is 22.8 Å². The molecule has 15 atom stereocenters. The third kappa shape index (κ3) is 6.11. The Hall–Kier alpha value is -0.920. The number of aliphatic hydroxyl groups excluding tert-OH is 8. The van der Waals surface area contributed by atoms with E-state index in [-0.39, 0.29) is 41.1 Å². The van der Waals surface area contributed by atoms with Gasteiger partial charge in [-0.05, 0) is 97.4 Å². The molecule has 0 aromatic rings. The van der Waals surface area contributed by atoms with Crippen LogP contribution < -0.4 is 0 Å². The lowest BCUT2D eigenvalue weighted by Crippen LogP contribution is -2.60. The second-order valence-electron chi connectivity index (χ2n) is 15.6. The van der Waals surface area contributed by atoms with Gasteiger partial charge >= 0.3 is 0 Å². The lowest BCUT2D eigenvalue weighted by Gasteiger charge is -2.58. The van der Waals surface area contributed by atoms with Crippen molar-refractivity contribution in [3.05, 3.63) is 22.8 Å². The second kappa shape index (κ2) is 13.5. The van der Waals surface area contributed by atoms with Gasteiger partial charge in [0.1, 0.15) is 30.5 Å². The van der Waals surface area contributed by atoms with Crippen LogP contribution in [0.5, 0.6) is 0 Å². The first kappa shape index (κ1) is 35.4. The fourth-order valence-electron chi connectivity index (χ4n) is 10.3. The maximum atomic E-state index is 11.8. The van der Waals surface area contributed by atoms with E-state index in [1.807, 2.05) is 6.08 Å². The van der Waals surface area contributed by atoms with Crippen molar-refractivity contribution < 1.29 is 50.3 Å². The van der Waals surface area contributed by atoms with E-state index >= 15 is 0 Å². The summed E-state index contributed by atoms with van der Waals surface area (Å²) in [5, 5.41) is 84.9. The molecule has 258 valence electrons. The minimum Gasteiger partial charge on any atom is -0.394 e. The van der Waals surface area contributed by atoms with E-state index in [0.717, 1.165) is 31.3 Å². The first-order valence-corrected chi connectivity index (χ1v) is 17.2. The van der Waals surface area contributed by atoms with Gasteiger partial charge in [-0.1, -0.05) is 51.8 Å². The highest BCUT2D eigenvalue weighted by molar-refractivity contribution is 5.39. The third-order valence-corrected chi connectivity index (χ3v) is 12.9. The highest BCUT2D eigenvalue weighted by atomic mass is 16.7. The summed E-state index contributed by atoms with van der Waals surface area (Å²) in [6.07, 6.45) is -2.04. The van der Waals surface area contributed by atoms with Crippen molar-refractivity contribution in [2.45, 2.75) is 141 Å². The SMILES string of the molecule is CC(C)C(=CCO)CCC(C)C1C(O)CC2C3=C(CCC21C)C1(C)CCC(OC2OC(CO)C(O)C(O)C2O)CC1C(O)C3O. The number of hydrogen-bond acceptors (Lipinski definition) is 10. The van der Waals surface area contributed by atoms with Crippen LogP contribution in [-0.2, 0) is 9.47 Å². The topological polar surface area (TPSA) is 180 Å². The zero-order valence-electron chi connectivity index (χ0n) is 27.6. The molecule has 5 rings (SSSR count). The molecule has 0 aromatic carbocycles. The molecule has 0 amide bonds. The molecule has 1 aliphatic heterocycles. The monoisotopic (exact) mass is 638 g/mol. The van der Waals surface area contributed by atoms with Gasteiger partial charge in [0.05, 0.1) is 31.5 Å². The van der Waals surface area contributed by atoms with Gasteiger partial charge in [-0.2, -0.15) is 0 Å². The molecule has 4 aliphatic carbocycles. The summed E-state index contributed by atoms with van der Waals surface area (Å²) in [6, 6.07) is 0. The fraction of sp³-hybridized carbons (Fsp3) is 0.886. The predicted octanol–water partition coefficient (Wildman–Crippen LogP) is 1.80. The number of fused-ring (bicyclic) bond motifs is 4. The lowest BCUT2D eigenvalue weighted by molar-refractivity contribution is -0.316. The Bertz CT molecular complexity index is 1110. The van der Waals surface area contributed by atoms with Crippen LogP contribution in [0.3, 0.4) is 0 Å². The highest BCUT2D eigenvalue weighted by Gasteiger charge is 2.62. The third-order valence-electron chi connectivity index (χ3n) is 12.9. The molecule has 0 radical (unpaired) electrons. The van der Waals surface area contributed by atoms with Crippen LogP contribution >= 0.6 is 0 Å². The smallest absolute Gasteiger partial charge is 0.186 e. The maximum Gasteiger partial charge on any atom is 0.186 e. The second-order valence-corrected chi connectivity index (χ2v) is 15.6. The number of allylic oxidation sites excluding steroid dienone is 2. The molecular formula is C35H58O10. The van der Waals surface area contributed by atoms with Crippen LogP contribution in [0.25, 0.3) is 0 Å². The minimum atomic E-state index is -1.52. The van der Waals surface area contributed by atoms with Crippen LogP contribution in [0.4, 0.5) is 0 Å². The van der Waals surface area contributed by atoms with Crippen LogP contribution in [0.2, 0.25) is 0 Å². The Morgan fingerprint density at radius 2 is 1.67 bits per heavy atom. The molecule has 0 aromatic heterocycles. The molecule has 1 heterocycles. The Kier molecular flexibility index (Phi) is 10.6. The summed E-state index contributed by atoms with van der Waals surface area (Å²) >= 11 is 0. The Balaban J connectivity index is 1.34. The molecule has 8 N–H and O–H groups in total. The van der Waals surface area contributed by atoms with Crippen LogP contribution in [-0.4, -0.2) is 109 Å². The molecule has 2 saturated carbocycles. The van der Waals surface area contributed by atoms with E-state index < -0.39 is 61.7 Å². The van der Waals surface area contributed by atoms with E-state index in [2.05, 4.69) is 34.6 Å². The van der Waals surface area contributed by atoms with Gasteiger partial charge in [0.2, 0.25) is 0 Å². The average Bonchev–Trinajstić information content (AvgIpc) is 3.27. The first-order valence-electron chi connectivity index (χ1n) is 17.2. The number of aliphatic hydroxyl groups is 8. The zero-order chi connectivity index (χ0) is 33.0. The Morgan fingerprint density at radius 3 is 2.31 bits per heavy atom. The summed E-state index contributed by atoms with van der Waals surface area (Å²) in [7, 11) is 0. The van der Waals surface area contributed by atoms with Crippen LogP contribution in [0.1, 0.15) is 86.0 Å². The summed E-state index contributed by atoms with van der Waals surface area (Å²) < 4.78 is 11.7. The fourth-order valence-corrected chi connectivity index (χ4v) is 10.3. The largest absolute Gasteiger partial charge is 0.394 e. The van der Waals surface area contributed by atoms with Gasteiger partial charge in [-0.3, -0.25) is 0 Å². The van der Waals surface area contributed by atoms with E-state index in [4.69, 9.17) is 9.47 Å². The van der Waals surface area contributed by atoms with Crippen LogP contribution in [0, 0.1) is 40.4 Å². The normalized spacial score (nSPS) is 47.8. The number of rotatable bonds is 9. The van der Waals surface area contributed by atoms with Crippen molar-refractivity contribution in [1.82, 2.24) is 0 Å². The van der Waals surface area contributed by atoms with Crippen molar-refractivity contribution in [2.75, 3.05) is 13.2 Å². The summed E-state index contributed by atoms with van der Waals surface area (Å²) in [5.41, 5.74) is 2.82. The Morgan fingerprint density at radius 1 is 0.956 bits per heavy atom. The van der Waals surface area contributed by atoms with E-state index in [1.54, 1.807) is 0 Å². The lowest BCUT2D eigenvalue weighted by atomic mass is 9.49. The van der Waals surface area contributed by atoms with Crippen molar-refractivity contribution >= 4 is 0 Å². The van der Waals surface area contributed by atoms with Crippen molar-refractivity contribution in [3.63, 3.8) is 0 Å². The van der Waals surface area contributed by atoms with E-state index in [9.17, 15) is 40.9 Å². The van der Waals surface area contributed by atoms with Gasteiger partial charge in [-0.25, -0.2) is 0 Å². The molecule has 10 heteroatoms. The molecule has 0 bridgehead atoms. The van der Waals surface area contributed by atoms with E-state index in [0.29, 0.717) is 31.6 Å². The van der Waals surface area contributed by atoms with Gasteiger partial charge in [0.25, 0.3) is 0 Å². The summed E-state index contributed by atoms with van der Waals surface area (Å²) in [6.45, 7) is 10.5. The van der Waals surface area contributed by atoms with Crippen molar-refractivity contribution in [2.24, 2.45) is 40.4 Å². The quantitative estimate of drug-likeness (QED) is 0.174. The number of ether oxygens (including phenoxy) is 2. The maximum absolute atomic E-state index is 11.8. The standard InChI is InChI=1S/C35H58O10/c1-17(2)19(10-13-36)7-6-18(3)27-24(38)15-22-26-21(9-12-35(22,27)5)34(4)11-8-20(14-23(34)28(39)30(26)41)44-33-32(43)31(42)29(40)25(16-37)45-33/h10,17-18,20,22-25,27-33,36-43H,6-9,11-16H2,1-5H3. The molecule has 10 nitrogen and oxygen atoms in total. The van der Waals surface area contributed by atoms with Gasteiger partial charge in [0, 0.05) is 0 Å². The molecular weight excluding hydrogens is 580 g/mol. The van der Waals surface area contributed by atoms with Crippen molar-refractivity contribution in [3.8, 4) is 0 Å². The molecule has 3 fully saturated rings. The molecule has 1 saturated heterocycles. The summed E-state index contributed by atoms with van der Waals surface area (Å²) in [5.74, 6) is 0.354. The molecule has 15 unspecified atom stereocenters. The highest BCUT2D eigenvalue weighted by Crippen LogP contribution is 2.66. The number of hydrogen-bond donors (Lipinski definition) is 8. The van der Waals surface area contributed by atoms with E-state index in [1.165, 1.54) is 11.1 Å². The zero-order valence-corrected chi connectivity index (χ0v) is 27.6. The summed E-state index contributed by atoms with van der Waals surface area (Å²) in [4.78, 5) is 0. The molecule has 45 heavy (non-hydrogen) atoms. The predicted molar refractivity (Wildman–Crippen MR) is 166 cm³/mol. The molecule has 5 aliphatic rings. The molecule has 0 spiro atoms. The minimum absolute atomic E-state index is 0.0215.